The Morgan fingerprint density at radius 3 is 2.78 bits per heavy atom. The number of nitrogens with one attached hydrogen (secondary N) is 3. The minimum atomic E-state index is -2.80. The lowest BCUT2D eigenvalue weighted by molar-refractivity contribution is -0.117. The fourth-order valence-electron chi connectivity index (χ4n) is 3.04. The first-order valence-corrected chi connectivity index (χ1v) is 9.57. The summed E-state index contributed by atoms with van der Waals surface area (Å²) in [6.07, 6.45) is 2.97. The summed E-state index contributed by atoms with van der Waals surface area (Å²) >= 11 is 0. The molecule has 0 bridgehead atoms. The van der Waals surface area contributed by atoms with Gasteiger partial charge in [-0.25, -0.2) is 4.39 Å². The Hall–Kier alpha value is -4.09. The third kappa shape index (κ3) is 4.19. The number of benzene rings is 1. The van der Waals surface area contributed by atoms with E-state index in [-0.39, 0.29) is 34.8 Å². The number of anilines is 3. The van der Waals surface area contributed by atoms with E-state index in [9.17, 15) is 14.0 Å². The van der Waals surface area contributed by atoms with Crippen LogP contribution in [0.15, 0.2) is 24.4 Å². The van der Waals surface area contributed by atoms with Crippen LogP contribution in [0.2, 0.25) is 0 Å². The maximum Gasteiger partial charge on any atom is 0.273 e. The molecule has 0 spiro atoms. The van der Waals surface area contributed by atoms with Gasteiger partial charge >= 0.3 is 0 Å². The van der Waals surface area contributed by atoms with Crippen LogP contribution in [0.25, 0.3) is 11.3 Å². The summed E-state index contributed by atoms with van der Waals surface area (Å²) in [4.78, 5) is 26.1. The highest BCUT2D eigenvalue weighted by atomic mass is 19.1. The third-order valence-corrected chi connectivity index (χ3v) is 4.77. The highest BCUT2D eigenvalue weighted by molar-refractivity contribution is 6.00. The van der Waals surface area contributed by atoms with Crippen LogP contribution < -0.4 is 20.7 Å². The summed E-state index contributed by atoms with van der Waals surface area (Å²) in [7, 11) is 2.95. The fourth-order valence-corrected chi connectivity index (χ4v) is 3.04. The van der Waals surface area contributed by atoms with Crippen LogP contribution >= 0.6 is 0 Å². The topological polar surface area (TPSA) is 136 Å². The number of methoxy groups -OCH3 is 1. The van der Waals surface area contributed by atoms with Gasteiger partial charge < -0.3 is 20.7 Å². The largest absolute Gasteiger partial charge is 0.494 e. The van der Waals surface area contributed by atoms with Crippen molar-refractivity contribution >= 4 is 29.0 Å². The van der Waals surface area contributed by atoms with Crippen molar-refractivity contribution in [2.24, 2.45) is 13.0 Å². The Bertz CT molecular complexity index is 1290. The second-order valence-electron chi connectivity index (χ2n) is 7.06. The second kappa shape index (κ2) is 8.57. The molecule has 4 rings (SSSR count). The van der Waals surface area contributed by atoms with Crippen molar-refractivity contribution in [1.29, 1.82) is 0 Å². The van der Waals surface area contributed by atoms with E-state index in [1.54, 1.807) is 7.05 Å². The van der Waals surface area contributed by atoms with E-state index < -0.39 is 24.4 Å². The first-order chi connectivity index (χ1) is 16.6. The van der Waals surface area contributed by atoms with Crippen LogP contribution in [-0.4, -0.2) is 51.1 Å². The summed E-state index contributed by atoms with van der Waals surface area (Å²) in [5, 5.41) is 22.9. The smallest absolute Gasteiger partial charge is 0.273 e. The Morgan fingerprint density at radius 1 is 1.31 bits per heavy atom. The van der Waals surface area contributed by atoms with Crippen molar-refractivity contribution in [3.05, 3.63) is 35.9 Å². The molecule has 0 radical (unpaired) electrons. The van der Waals surface area contributed by atoms with Gasteiger partial charge in [0.15, 0.2) is 23.1 Å². The lowest BCUT2D eigenvalue weighted by atomic mass is 10.1. The van der Waals surface area contributed by atoms with Gasteiger partial charge in [-0.1, -0.05) is 0 Å². The number of amides is 2. The normalized spacial score (nSPS) is 14.7. The zero-order valence-electron chi connectivity index (χ0n) is 20.1. The molecule has 11 nitrogen and oxygen atoms in total. The molecule has 1 fully saturated rings. The Labute approximate surface area is 186 Å². The number of rotatable bonds is 7. The van der Waals surface area contributed by atoms with E-state index in [1.807, 2.05) is 5.32 Å². The van der Waals surface area contributed by atoms with Crippen LogP contribution in [0.4, 0.5) is 21.6 Å². The van der Waals surface area contributed by atoms with Crippen molar-refractivity contribution in [2.75, 3.05) is 24.7 Å². The molecule has 2 amide bonds. The first-order valence-electron chi connectivity index (χ1n) is 11.1. The van der Waals surface area contributed by atoms with Crippen LogP contribution in [0.1, 0.15) is 27.4 Å². The standard InChI is InChI=1S/C20H21FN8O3/c1-22-20(31)17-13(8-15(26-27-17)25-19(30)10-4-5-10)24-16-12(21)7-6-11(18(16)32-3)14-9-23-29(2)28-14/h6-10H,4-5H2,1-3H3,(H,22,31)(H2,24,25,26,30)/i1D3. The molecular formula is C20H21FN8O3. The SMILES string of the molecule is [2H]C([2H])([2H])NC(=O)c1nnc(NC(=O)C2CC2)cc1Nc1c(F)ccc(-c2cnn(C)n2)c1OC. The van der Waals surface area contributed by atoms with E-state index in [4.69, 9.17) is 8.85 Å². The fraction of sp³-hybridized carbons (Fsp3) is 0.300. The number of nitrogens with zero attached hydrogens (tertiary/aromatic N) is 5. The molecule has 0 atom stereocenters. The number of halogens is 1. The van der Waals surface area contributed by atoms with E-state index in [0.717, 1.165) is 12.8 Å². The average Bonchev–Trinajstić information content (AvgIpc) is 3.55. The Balaban J connectivity index is 1.77. The molecule has 0 unspecified atom stereocenters. The van der Waals surface area contributed by atoms with Crippen molar-refractivity contribution in [3.63, 3.8) is 0 Å². The van der Waals surface area contributed by atoms with Crippen LogP contribution in [0.5, 0.6) is 5.75 Å². The number of aromatic nitrogens is 5. The van der Waals surface area contributed by atoms with Crippen LogP contribution in [0.3, 0.4) is 0 Å². The number of hydrogen-bond donors (Lipinski definition) is 3. The number of aryl methyl sites for hydroxylation is 1. The molecule has 1 aliphatic rings. The Kier molecular flexibility index (Phi) is 4.71. The zero-order chi connectivity index (χ0) is 25.3. The molecule has 2 heterocycles. The number of ether oxygens (including phenoxy) is 1. The average molecular weight is 443 g/mol. The molecule has 3 aromatic rings. The van der Waals surface area contributed by atoms with Gasteiger partial charge in [-0.05, 0) is 25.0 Å². The Morgan fingerprint density at radius 2 is 2.12 bits per heavy atom. The first kappa shape index (κ1) is 17.6. The molecule has 1 aromatic carbocycles. The highest BCUT2D eigenvalue weighted by Crippen LogP contribution is 2.39. The molecule has 1 aliphatic carbocycles. The molecule has 12 heteroatoms. The molecule has 3 N–H and O–H groups in total. The summed E-state index contributed by atoms with van der Waals surface area (Å²) in [6, 6.07) is 3.88. The molecular weight excluding hydrogens is 419 g/mol. The third-order valence-electron chi connectivity index (χ3n) is 4.77. The minimum Gasteiger partial charge on any atom is -0.494 e. The van der Waals surface area contributed by atoms with Gasteiger partial charge in [0.2, 0.25) is 5.91 Å². The maximum absolute atomic E-state index is 15.0. The second-order valence-corrected chi connectivity index (χ2v) is 7.06. The summed E-state index contributed by atoms with van der Waals surface area (Å²) < 4.78 is 42.3. The lowest BCUT2D eigenvalue weighted by Gasteiger charge is -2.17. The predicted octanol–water partition coefficient (Wildman–Crippen LogP) is 1.87. The molecule has 0 aliphatic heterocycles. The van der Waals surface area contributed by atoms with Crippen LogP contribution in [-0.2, 0) is 11.8 Å². The number of hydrogen-bond acceptors (Lipinski definition) is 8. The monoisotopic (exact) mass is 443 g/mol. The van der Waals surface area contributed by atoms with E-state index >= 15 is 0 Å². The van der Waals surface area contributed by atoms with Gasteiger partial charge in [-0.3, -0.25) is 9.59 Å². The summed E-state index contributed by atoms with van der Waals surface area (Å²) in [6.45, 7) is -2.80. The van der Waals surface area contributed by atoms with Crippen molar-refractivity contribution in [2.45, 2.75) is 12.8 Å². The lowest BCUT2D eigenvalue weighted by Crippen LogP contribution is -2.22. The quantitative estimate of drug-likeness (QED) is 0.504. The summed E-state index contributed by atoms with van der Waals surface area (Å²) in [5.41, 5.74) is 0.0876. The van der Waals surface area contributed by atoms with Gasteiger partial charge in [0.1, 0.15) is 11.4 Å². The minimum absolute atomic E-state index is 0.000658. The molecule has 166 valence electrons. The van der Waals surface area contributed by atoms with Crippen molar-refractivity contribution in [3.8, 4) is 17.0 Å². The van der Waals surface area contributed by atoms with Crippen molar-refractivity contribution < 1.29 is 22.8 Å². The zero-order valence-corrected chi connectivity index (χ0v) is 17.1. The van der Waals surface area contributed by atoms with Crippen molar-refractivity contribution in [1.82, 2.24) is 30.5 Å². The van der Waals surface area contributed by atoms with E-state index in [1.165, 1.54) is 36.3 Å². The van der Waals surface area contributed by atoms with Gasteiger partial charge in [0.05, 0.1) is 19.0 Å². The highest BCUT2D eigenvalue weighted by Gasteiger charge is 2.30. The molecule has 2 aromatic heterocycles. The summed E-state index contributed by atoms with van der Waals surface area (Å²) in [5.74, 6) is -2.17. The maximum atomic E-state index is 15.0. The van der Waals surface area contributed by atoms with Gasteiger partial charge in [-0.15, -0.1) is 10.2 Å². The molecule has 0 saturated heterocycles. The van der Waals surface area contributed by atoms with Gasteiger partial charge in [0.25, 0.3) is 5.91 Å². The van der Waals surface area contributed by atoms with Gasteiger partial charge in [-0.2, -0.15) is 15.0 Å². The predicted molar refractivity (Wildman–Crippen MR) is 113 cm³/mol. The van der Waals surface area contributed by atoms with E-state index in [2.05, 4.69) is 31.0 Å². The van der Waals surface area contributed by atoms with E-state index in [0.29, 0.717) is 11.3 Å². The molecule has 1 saturated carbocycles. The van der Waals surface area contributed by atoms with Crippen LogP contribution in [0, 0.1) is 11.7 Å². The number of carbonyl (C=O) groups excluding carboxylic acids is 2. The number of carbonyl (C=O) groups is 2. The molecule has 32 heavy (non-hydrogen) atoms. The van der Waals surface area contributed by atoms with Gasteiger partial charge in [0, 0.05) is 35.7 Å².